The van der Waals surface area contributed by atoms with Gasteiger partial charge in [-0.3, -0.25) is 14.9 Å². The van der Waals surface area contributed by atoms with Gasteiger partial charge >= 0.3 is 5.97 Å². The summed E-state index contributed by atoms with van der Waals surface area (Å²) in [6, 6.07) is 4.17. The van der Waals surface area contributed by atoms with Gasteiger partial charge in [-0.25, -0.2) is 0 Å². The maximum atomic E-state index is 10.9. The first-order valence-electron chi connectivity index (χ1n) is 5.11. The van der Waals surface area contributed by atoms with Crippen molar-refractivity contribution in [1.82, 2.24) is 0 Å². The molecule has 5 nitrogen and oxygen atoms in total. The molecule has 6 heteroatoms. The predicted octanol–water partition coefficient (Wildman–Crippen LogP) is 2.90. The van der Waals surface area contributed by atoms with Gasteiger partial charge in [0, 0.05) is 16.7 Å². The van der Waals surface area contributed by atoms with E-state index < -0.39 is 16.8 Å². The molecule has 0 heterocycles. The van der Waals surface area contributed by atoms with Crippen LogP contribution in [0.25, 0.3) is 0 Å². The van der Waals surface area contributed by atoms with Crippen LogP contribution >= 0.6 is 11.6 Å². The number of carbonyl (C=O) groups is 1. The number of rotatable bonds is 5. The third-order valence-electron chi connectivity index (χ3n) is 2.55. The summed E-state index contributed by atoms with van der Waals surface area (Å²) in [6.07, 6.45) is 0.529. The first kappa shape index (κ1) is 13.4. The first-order valence-corrected chi connectivity index (χ1v) is 5.49. The van der Waals surface area contributed by atoms with E-state index in [1.54, 1.807) is 6.92 Å². The van der Waals surface area contributed by atoms with Crippen molar-refractivity contribution < 1.29 is 14.8 Å². The van der Waals surface area contributed by atoms with Gasteiger partial charge in [-0.05, 0) is 25.0 Å². The highest BCUT2D eigenvalue weighted by molar-refractivity contribution is 6.30. The Labute approximate surface area is 103 Å². The van der Waals surface area contributed by atoms with Crippen molar-refractivity contribution in [3.8, 4) is 0 Å². The molecule has 1 N–H and O–H groups in total. The van der Waals surface area contributed by atoms with E-state index in [1.807, 2.05) is 0 Å². The molecule has 92 valence electrons. The first-order chi connectivity index (χ1) is 7.95. The second-order valence-electron chi connectivity index (χ2n) is 3.68. The maximum absolute atomic E-state index is 10.9. The number of carboxylic acid groups (broad SMARTS) is 1. The topological polar surface area (TPSA) is 80.4 Å². The zero-order valence-corrected chi connectivity index (χ0v) is 9.98. The van der Waals surface area contributed by atoms with Crippen molar-refractivity contribution >= 4 is 23.3 Å². The van der Waals surface area contributed by atoms with Crippen LogP contribution in [-0.2, 0) is 11.2 Å². The average Bonchev–Trinajstić information content (AvgIpc) is 2.25. The van der Waals surface area contributed by atoms with E-state index in [9.17, 15) is 14.9 Å². The van der Waals surface area contributed by atoms with Gasteiger partial charge in [0.15, 0.2) is 0 Å². The summed E-state index contributed by atoms with van der Waals surface area (Å²) in [5.41, 5.74) is 0.269. The Bertz CT molecular complexity index is 447. The van der Waals surface area contributed by atoms with Crippen LogP contribution in [0.3, 0.4) is 0 Å². The Morgan fingerprint density at radius 3 is 2.71 bits per heavy atom. The minimum atomic E-state index is -0.957. The summed E-state index contributed by atoms with van der Waals surface area (Å²) >= 11 is 5.76. The molecule has 1 rings (SSSR count). The summed E-state index contributed by atoms with van der Waals surface area (Å²) in [7, 11) is 0. The molecule has 0 aliphatic rings. The standard InChI is InChI=1S/C11H12ClNO4/c1-2-7(11(14)15)5-8-6-9(12)3-4-10(8)13(16)17/h3-4,6-7H,2,5H2,1H3,(H,14,15). The molecule has 0 aliphatic heterocycles. The SMILES string of the molecule is CCC(Cc1cc(Cl)ccc1[N+](=O)[O-])C(=O)O. The lowest BCUT2D eigenvalue weighted by Gasteiger charge is -2.10. The molecule has 0 aromatic heterocycles. The summed E-state index contributed by atoms with van der Waals surface area (Å²) in [5, 5.41) is 20.1. The molecule has 0 amide bonds. The van der Waals surface area contributed by atoms with E-state index in [1.165, 1.54) is 18.2 Å². The van der Waals surface area contributed by atoms with Gasteiger partial charge in [0.2, 0.25) is 0 Å². The minimum Gasteiger partial charge on any atom is -0.481 e. The van der Waals surface area contributed by atoms with Crippen molar-refractivity contribution in [2.45, 2.75) is 19.8 Å². The summed E-state index contributed by atoms with van der Waals surface area (Å²) in [6.45, 7) is 1.73. The molecule has 1 atom stereocenters. The third kappa shape index (κ3) is 3.42. The Hall–Kier alpha value is -1.62. The van der Waals surface area contributed by atoms with E-state index >= 15 is 0 Å². The van der Waals surface area contributed by atoms with Gasteiger partial charge in [-0.2, -0.15) is 0 Å². The van der Waals surface area contributed by atoms with E-state index in [-0.39, 0.29) is 12.1 Å². The van der Waals surface area contributed by atoms with Gasteiger partial charge in [-0.15, -0.1) is 0 Å². The van der Waals surface area contributed by atoms with Crippen LogP contribution in [0.5, 0.6) is 0 Å². The summed E-state index contributed by atoms with van der Waals surface area (Å²) in [4.78, 5) is 21.2. The molecular weight excluding hydrogens is 246 g/mol. The van der Waals surface area contributed by atoms with Crippen molar-refractivity contribution in [3.05, 3.63) is 38.9 Å². The summed E-state index contributed by atoms with van der Waals surface area (Å²) < 4.78 is 0. The van der Waals surface area contributed by atoms with Crippen LogP contribution in [0.4, 0.5) is 5.69 Å². The van der Waals surface area contributed by atoms with E-state index in [2.05, 4.69) is 0 Å². The number of benzene rings is 1. The lowest BCUT2D eigenvalue weighted by molar-refractivity contribution is -0.385. The lowest BCUT2D eigenvalue weighted by Crippen LogP contribution is -2.16. The molecule has 0 saturated carbocycles. The van der Waals surface area contributed by atoms with E-state index in [0.717, 1.165) is 0 Å². The van der Waals surface area contributed by atoms with E-state index in [4.69, 9.17) is 16.7 Å². The molecule has 0 fully saturated rings. The van der Waals surface area contributed by atoms with Crippen LogP contribution in [0.2, 0.25) is 5.02 Å². The molecular formula is C11H12ClNO4. The van der Waals surface area contributed by atoms with Crippen molar-refractivity contribution in [1.29, 1.82) is 0 Å². The number of nitro benzene ring substituents is 1. The summed E-state index contributed by atoms with van der Waals surface area (Å²) in [5.74, 6) is -1.59. The van der Waals surface area contributed by atoms with E-state index in [0.29, 0.717) is 17.0 Å². The van der Waals surface area contributed by atoms with Crippen LogP contribution in [-0.4, -0.2) is 16.0 Å². The minimum absolute atomic E-state index is 0.0888. The molecule has 1 unspecified atom stereocenters. The number of nitro groups is 1. The molecule has 17 heavy (non-hydrogen) atoms. The second-order valence-corrected chi connectivity index (χ2v) is 4.11. The van der Waals surface area contributed by atoms with Crippen molar-refractivity contribution in [2.24, 2.45) is 5.92 Å². The Kier molecular flexibility index (Phi) is 4.45. The van der Waals surface area contributed by atoms with Gasteiger partial charge in [0.1, 0.15) is 0 Å². The average molecular weight is 258 g/mol. The highest BCUT2D eigenvalue weighted by Crippen LogP contribution is 2.26. The molecule has 0 saturated heterocycles. The number of hydrogen-bond acceptors (Lipinski definition) is 3. The Morgan fingerprint density at radius 1 is 1.59 bits per heavy atom. The second kappa shape index (κ2) is 5.63. The van der Waals surface area contributed by atoms with Crippen LogP contribution in [0.15, 0.2) is 18.2 Å². The maximum Gasteiger partial charge on any atom is 0.306 e. The highest BCUT2D eigenvalue weighted by Gasteiger charge is 2.21. The number of carboxylic acids is 1. The largest absolute Gasteiger partial charge is 0.481 e. The smallest absolute Gasteiger partial charge is 0.306 e. The number of halogens is 1. The van der Waals surface area contributed by atoms with Gasteiger partial charge in [0.05, 0.1) is 10.8 Å². The normalized spacial score (nSPS) is 12.1. The molecule has 0 bridgehead atoms. The Balaban J connectivity index is 3.07. The quantitative estimate of drug-likeness (QED) is 0.650. The Morgan fingerprint density at radius 2 is 2.24 bits per heavy atom. The number of nitrogens with zero attached hydrogens (tertiary/aromatic N) is 1. The number of hydrogen-bond donors (Lipinski definition) is 1. The molecule has 0 radical (unpaired) electrons. The fraction of sp³-hybridized carbons (Fsp3) is 0.364. The van der Waals surface area contributed by atoms with Crippen LogP contribution in [0, 0.1) is 16.0 Å². The third-order valence-corrected chi connectivity index (χ3v) is 2.78. The number of aliphatic carboxylic acids is 1. The highest BCUT2D eigenvalue weighted by atomic mass is 35.5. The zero-order chi connectivity index (χ0) is 13.0. The molecule has 1 aromatic rings. The van der Waals surface area contributed by atoms with Crippen LogP contribution in [0.1, 0.15) is 18.9 Å². The van der Waals surface area contributed by atoms with Crippen molar-refractivity contribution in [3.63, 3.8) is 0 Å². The van der Waals surface area contributed by atoms with Gasteiger partial charge in [0.25, 0.3) is 5.69 Å². The van der Waals surface area contributed by atoms with Crippen LogP contribution < -0.4 is 0 Å². The van der Waals surface area contributed by atoms with Gasteiger partial charge in [-0.1, -0.05) is 18.5 Å². The fourth-order valence-electron chi connectivity index (χ4n) is 1.57. The van der Waals surface area contributed by atoms with Gasteiger partial charge < -0.3 is 5.11 Å². The monoisotopic (exact) mass is 257 g/mol. The lowest BCUT2D eigenvalue weighted by atomic mass is 9.96. The molecule has 0 aliphatic carbocycles. The molecule has 1 aromatic carbocycles. The fourth-order valence-corrected chi connectivity index (χ4v) is 1.76. The van der Waals surface area contributed by atoms with Crippen molar-refractivity contribution in [2.75, 3.05) is 0 Å². The molecule has 0 spiro atoms. The predicted molar refractivity (Wildman–Crippen MR) is 63.2 cm³/mol. The zero-order valence-electron chi connectivity index (χ0n) is 9.22.